The number of pyridine rings is 1. The second kappa shape index (κ2) is 11.7. The molecule has 2 aromatic rings. The molecule has 0 aliphatic rings. The van der Waals surface area contributed by atoms with Crippen molar-refractivity contribution in [3.05, 3.63) is 65.1 Å². The fourth-order valence-corrected chi connectivity index (χ4v) is 2.03. The summed E-state index contributed by atoms with van der Waals surface area (Å²) in [5, 5.41) is 26.8. The van der Waals surface area contributed by atoms with E-state index >= 15 is 0 Å². The van der Waals surface area contributed by atoms with Gasteiger partial charge in [-0.2, -0.15) is 0 Å². The Morgan fingerprint density at radius 3 is 2.40 bits per heavy atom. The molecule has 2 rings (SSSR count). The third-order valence-corrected chi connectivity index (χ3v) is 3.01. The number of nitrogens with zero attached hydrogens (tertiary/aromatic N) is 1. The van der Waals surface area contributed by atoms with Gasteiger partial charge in [-0.15, -0.1) is 34.9 Å². The van der Waals surface area contributed by atoms with Crippen LogP contribution in [0.2, 0.25) is 0 Å². The number of aliphatic hydroxyl groups excluding tert-OH is 3. The van der Waals surface area contributed by atoms with E-state index in [9.17, 15) is 9.90 Å². The van der Waals surface area contributed by atoms with Gasteiger partial charge in [-0.25, -0.2) is 0 Å². The molecule has 138 valence electrons. The second-order valence-corrected chi connectivity index (χ2v) is 5.34. The Morgan fingerprint density at radius 2 is 1.92 bits per heavy atom. The Morgan fingerprint density at radius 1 is 1.24 bits per heavy atom. The van der Waals surface area contributed by atoms with Crippen LogP contribution in [-0.2, 0) is 39.1 Å². The van der Waals surface area contributed by atoms with Gasteiger partial charge >= 0.3 is 0 Å². The van der Waals surface area contributed by atoms with E-state index < -0.39 is 0 Å². The molecule has 0 bridgehead atoms. The van der Waals surface area contributed by atoms with E-state index in [0.29, 0.717) is 0 Å². The summed E-state index contributed by atoms with van der Waals surface area (Å²) >= 11 is 0. The van der Waals surface area contributed by atoms with Crippen molar-refractivity contribution in [3.63, 3.8) is 0 Å². The van der Waals surface area contributed by atoms with E-state index in [-0.39, 0.29) is 45.8 Å². The van der Waals surface area contributed by atoms with Crippen LogP contribution in [-0.4, -0.2) is 26.1 Å². The molecule has 1 aromatic carbocycles. The monoisotopic (exact) mass is 523 g/mol. The van der Waals surface area contributed by atoms with Crippen LogP contribution in [0.3, 0.4) is 0 Å². The van der Waals surface area contributed by atoms with Crippen LogP contribution in [0.25, 0.3) is 11.3 Å². The van der Waals surface area contributed by atoms with Crippen molar-refractivity contribution in [1.29, 1.82) is 0 Å². The van der Waals surface area contributed by atoms with Crippen LogP contribution in [0.1, 0.15) is 30.5 Å². The van der Waals surface area contributed by atoms with Crippen LogP contribution >= 0.6 is 0 Å². The maximum absolute atomic E-state index is 10.0. The number of aromatic nitrogens is 1. The molecule has 6 heteroatoms. The van der Waals surface area contributed by atoms with Gasteiger partial charge in [-0.3, -0.25) is 4.79 Å². The summed E-state index contributed by atoms with van der Waals surface area (Å²) in [6, 6.07) is 10.5. The minimum absolute atomic E-state index is 0. The van der Waals surface area contributed by atoms with Crippen molar-refractivity contribution in [2.45, 2.75) is 34.0 Å². The van der Waals surface area contributed by atoms with Crippen molar-refractivity contribution >= 4 is 5.78 Å². The topological polar surface area (TPSA) is 90.7 Å². The minimum Gasteiger partial charge on any atom is -0.512 e. The van der Waals surface area contributed by atoms with Crippen LogP contribution in [0, 0.1) is 13.0 Å². The van der Waals surface area contributed by atoms with Gasteiger partial charge in [0.1, 0.15) is 0 Å². The van der Waals surface area contributed by atoms with Crippen LogP contribution in [0.4, 0.5) is 0 Å². The van der Waals surface area contributed by atoms with Crippen LogP contribution in [0.15, 0.2) is 42.3 Å². The van der Waals surface area contributed by atoms with E-state index in [1.54, 1.807) is 18.3 Å². The van der Waals surface area contributed by atoms with Crippen LogP contribution < -0.4 is 0 Å². The zero-order valence-corrected chi connectivity index (χ0v) is 16.7. The molecule has 1 heterocycles. The molecule has 0 saturated carbocycles. The van der Waals surface area contributed by atoms with Gasteiger partial charge in [-0.1, -0.05) is 13.0 Å². The first-order valence-electron chi connectivity index (χ1n) is 7.43. The molecule has 0 fully saturated rings. The van der Waals surface area contributed by atoms with E-state index in [4.69, 9.17) is 10.2 Å². The molecular weight excluding hydrogens is 501 g/mol. The maximum Gasteiger partial charge on any atom is 0.155 e. The number of ketones is 1. The number of benzene rings is 1. The Hall–Kier alpha value is -1.81. The minimum atomic E-state index is -0.125. The number of carbonyl (C=O) groups is 1. The average Bonchev–Trinajstić information content (AvgIpc) is 2.54. The van der Waals surface area contributed by atoms with Gasteiger partial charge in [0.25, 0.3) is 0 Å². The Balaban J connectivity index is 0.000000620. The van der Waals surface area contributed by atoms with Gasteiger partial charge < -0.3 is 20.3 Å². The van der Waals surface area contributed by atoms with Crippen molar-refractivity contribution in [2.75, 3.05) is 0 Å². The van der Waals surface area contributed by atoms with E-state index in [1.807, 2.05) is 19.1 Å². The summed E-state index contributed by atoms with van der Waals surface area (Å²) in [6.07, 6.45) is 2.82. The fraction of sp³-hybridized carbons (Fsp3) is 0.263. The molecule has 0 radical (unpaired) electrons. The number of carbonyl (C=O) groups excluding carboxylic acids is 1. The predicted molar refractivity (Wildman–Crippen MR) is 92.2 cm³/mol. The standard InChI is InChI=1S/C14H14NO2.C5H8O2.Pt/c1-10-2-3-13(12(6-10)9-17)14-7-11(8-16)4-5-15-14;1-4(6)3-5(2)7;/h2,4-7,16-17H,8-9H2,1H3;3,6H,1-2H3;/q-1;;/b;4-3-;. The second-order valence-electron chi connectivity index (χ2n) is 5.34. The first-order chi connectivity index (χ1) is 11.4. The van der Waals surface area contributed by atoms with E-state index in [0.717, 1.165) is 27.9 Å². The van der Waals surface area contributed by atoms with Crippen LogP contribution in [0.5, 0.6) is 0 Å². The summed E-state index contributed by atoms with van der Waals surface area (Å²) < 4.78 is 0. The number of aryl methyl sites for hydroxylation is 1. The first-order valence-corrected chi connectivity index (χ1v) is 7.43. The SMILES string of the molecule is CC(=O)/C=C(/C)O.Cc1c[c-]c(-c2cc(CO)ccn2)c(CO)c1.[Pt]. The molecule has 3 N–H and O–H groups in total. The molecule has 25 heavy (non-hydrogen) atoms. The molecule has 0 atom stereocenters. The average molecular weight is 523 g/mol. The molecule has 0 aliphatic heterocycles. The van der Waals surface area contributed by atoms with E-state index in [1.165, 1.54) is 19.9 Å². The van der Waals surface area contributed by atoms with Gasteiger partial charge in [0.15, 0.2) is 5.78 Å². The van der Waals surface area contributed by atoms with Gasteiger partial charge in [0.05, 0.1) is 12.4 Å². The fourth-order valence-electron chi connectivity index (χ4n) is 2.03. The molecule has 0 spiro atoms. The zero-order chi connectivity index (χ0) is 18.1. The summed E-state index contributed by atoms with van der Waals surface area (Å²) in [5.41, 5.74) is 4.16. The zero-order valence-electron chi connectivity index (χ0n) is 14.4. The molecule has 0 saturated heterocycles. The summed E-state index contributed by atoms with van der Waals surface area (Å²) in [6.45, 7) is 4.74. The number of hydrogen-bond donors (Lipinski definition) is 3. The molecule has 0 amide bonds. The van der Waals surface area contributed by atoms with Crippen molar-refractivity contribution in [1.82, 2.24) is 4.98 Å². The maximum atomic E-state index is 10.0. The first kappa shape index (κ1) is 23.2. The Kier molecular flexibility index (Phi) is 10.8. The molecule has 1 aromatic heterocycles. The third-order valence-electron chi connectivity index (χ3n) is 3.01. The van der Waals surface area contributed by atoms with Gasteiger partial charge in [-0.05, 0) is 31.2 Å². The molecular formula is C19H22NO4Pt-. The van der Waals surface area contributed by atoms with E-state index in [2.05, 4.69) is 11.1 Å². The quantitative estimate of drug-likeness (QED) is 0.326. The summed E-state index contributed by atoms with van der Waals surface area (Å²) in [7, 11) is 0. The van der Waals surface area contributed by atoms with Gasteiger partial charge in [0.2, 0.25) is 0 Å². The molecule has 5 nitrogen and oxygen atoms in total. The van der Waals surface area contributed by atoms with Gasteiger partial charge in [0, 0.05) is 39.9 Å². The third kappa shape index (κ3) is 8.21. The Bertz CT molecular complexity index is 725. The largest absolute Gasteiger partial charge is 0.512 e. The number of allylic oxidation sites excluding steroid dienone is 2. The normalized spacial score (nSPS) is 10.4. The Labute approximate surface area is 162 Å². The van der Waals surface area contributed by atoms with Crippen molar-refractivity contribution < 1.29 is 41.2 Å². The number of aliphatic hydroxyl groups is 3. The molecule has 0 unspecified atom stereocenters. The smallest absolute Gasteiger partial charge is 0.155 e. The summed E-state index contributed by atoms with van der Waals surface area (Å²) in [5.74, 6) is -0.0625. The van der Waals surface area contributed by atoms with Crippen molar-refractivity contribution in [3.8, 4) is 11.3 Å². The van der Waals surface area contributed by atoms with Crippen molar-refractivity contribution in [2.24, 2.45) is 0 Å². The number of hydrogen-bond acceptors (Lipinski definition) is 5. The number of rotatable bonds is 4. The predicted octanol–water partition coefficient (Wildman–Crippen LogP) is 2.88. The summed E-state index contributed by atoms with van der Waals surface area (Å²) in [4.78, 5) is 14.3. The molecule has 0 aliphatic carbocycles.